The molecule has 1 N–H and O–H groups in total. The smallest absolute Gasteiger partial charge is 0.322 e. The normalized spacial score (nSPS) is 20.1. The number of anilines is 1. The van der Waals surface area contributed by atoms with Crippen LogP contribution in [-0.2, 0) is 6.54 Å². The lowest BCUT2D eigenvalue weighted by Gasteiger charge is -2.42. The van der Waals surface area contributed by atoms with E-state index in [-0.39, 0.29) is 12.1 Å². The molecule has 2 aliphatic rings. The lowest BCUT2D eigenvalue weighted by Crippen LogP contribution is -2.50. The first-order valence-electron chi connectivity index (χ1n) is 9.55. The number of hydrogen-bond acceptors (Lipinski definition) is 2. The van der Waals surface area contributed by atoms with Crippen molar-refractivity contribution in [3.8, 4) is 0 Å². The number of nitrogens with one attached hydrogen (secondary N) is 1. The van der Waals surface area contributed by atoms with E-state index in [2.05, 4.69) is 58.7 Å². The van der Waals surface area contributed by atoms with Crippen molar-refractivity contribution >= 4 is 11.7 Å². The van der Waals surface area contributed by atoms with Gasteiger partial charge in [0.1, 0.15) is 0 Å². The highest BCUT2D eigenvalue weighted by Gasteiger charge is 2.41. The SMILES string of the molecule is CC(C)NC(=O)N1C[C@H](C2CN(Cc3ccccc3)C2)c2ccccc21. The van der Waals surface area contributed by atoms with E-state index < -0.39 is 0 Å². The monoisotopic (exact) mass is 349 g/mol. The largest absolute Gasteiger partial charge is 0.336 e. The molecule has 0 spiro atoms. The number of carbonyl (C=O) groups excluding carboxylic acids is 1. The molecule has 2 heterocycles. The number of amides is 2. The van der Waals surface area contributed by atoms with Crippen molar-refractivity contribution in [2.45, 2.75) is 32.4 Å². The van der Waals surface area contributed by atoms with E-state index in [1.54, 1.807) is 0 Å². The first kappa shape index (κ1) is 17.1. The molecule has 0 aromatic heterocycles. The van der Waals surface area contributed by atoms with Gasteiger partial charge in [0.25, 0.3) is 0 Å². The van der Waals surface area contributed by atoms with E-state index in [9.17, 15) is 4.79 Å². The Kier molecular flexibility index (Phi) is 4.68. The van der Waals surface area contributed by atoms with E-state index in [0.717, 1.165) is 31.9 Å². The van der Waals surface area contributed by atoms with Crippen LogP contribution in [-0.4, -0.2) is 36.6 Å². The lowest BCUT2D eigenvalue weighted by molar-refractivity contribution is 0.0763. The molecule has 0 radical (unpaired) electrons. The van der Waals surface area contributed by atoms with Gasteiger partial charge in [-0.3, -0.25) is 9.80 Å². The van der Waals surface area contributed by atoms with E-state index in [0.29, 0.717) is 11.8 Å². The number of carbonyl (C=O) groups is 1. The molecule has 0 saturated carbocycles. The standard InChI is InChI=1S/C22H27N3O/c1-16(2)23-22(26)25-15-20(19-10-6-7-11-21(19)25)18-13-24(14-18)12-17-8-4-3-5-9-17/h3-11,16,18,20H,12-15H2,1-2H3,(H,23,26)/t20-/m1/s1. The van der Waals surface area contributed by atoms with Gasteiger partial charge in [-0.1, -0.05) is 48.5 Å². The molecule has 26 heavy (non-hydrogen) atoms. The summed E-state index contributed by atoms with van der Waals surface area (Å²) in [7, 11) is 0. The van der Waals surface area contributed by atoms with Gasteiger partial charge in [0.2, 0.25) is 0 Å². The molecule has 2 amide bonds. The van der Waals surface area contributed by atoms with Crippen LogP contribution in [0, 0.1) is 5.92 Å². The molecule has 0 bridgehead atoms. The first-order valence-corrected chi connectivity index (χ1v) is 9.55. The molecule has 2 aliphatic heterocycles. The molecule has 1 atom stereocenters. The summed E-state index contributed by atoms with van der Waals surface area (Å²) in [5.41, 5.74) is 3.78. The maximum absolute atomic E-state index is 12.6. The number of benzene rings is 2. The van der Waals surface area contributed by atoms with E-state index in [4.69, 9.17) is 0 Å². The van der Waals surface area contributed by atoms with Crippen molar-refractivity contribution in [2.24, 2.45) is 5.92 Å². The number of para-hydroxylation sites is 1. The van der Waals surface area contributed by atoms with Crippen molar-refractivity contribution in [3.63, 3.8) is 0 Å². The van der Waals surface area contributed by atoms with Crippen LogP contribution >= 0.6 is 0 Å². The average molecular weight is 349 g/mol. The summed E-state index contributed by atoms with van der Waals surface area (Å²) < 4.78 is 0. The zero-order chi connectivity index (χ0) is 18.1. The molecule has 1 saturated heterocycles. The fourth-order valence-electron chi connectivity index (χ4n) is 4.20. The Morgan fingerprint density at radius 3 is 2.46 bits per heavy atom. The third-order valence-corrected chi connectivity index (χ3v) is 5.47. The Labute approximate surface area is 155 Å². The highest BCUT2D eigenvalue weighted by Crippen LogP contribution is 2.43. The van der Waals surface area contributed by atoms with Gasteiger partial charge in [0.05, 0.1) is 0 Å². The van der Waals surface area contributed by atoms with E-state index in [1.807, 2.05) is 24.8 Å². The molecule has 4 nitrogen and oxygen atoms in total. The van der Waals surface area contributed by atoms with E-state index in [1.165, 1.54) is 11.1 Å². The third-order valence-electron chi connectivity index (χ3n) is 5.47. The van der Waals surface area contributed by atoms with Crippen LogP contribution in [0.2, 0.25) is 0 Å². The molecule has 2 aromatic carbocycles. The van der Waals surface area contributed by atoms with Crippen molar-refractivity contribution < 1.29 is 4.79 Å². The predicted molar refractivity (Wildman–Crippen MR) is 105 cm³/mol. The molecular formula is C22H27N3O. The van der Waals surface area contributed by atoms with Crippen molar-refractivity contribution in [2.75, 3.05) is 24.5 Å². The third kappa shape index (κ3) is 3.34. The van der Waals surface area contributed by atoms with Crippen LogP contribution in [0.25, 0.3) is 0 Å². The van der Waals surface area contributed by atoms with Crippen LogP contribution in [0.15, 0.2) is 54.6 Å². The molecule has 0 unspecified atom stereocenters. The summed E-state index contributed by atoms with van der Waals surface area (Å²) in [4.78, 5) is 17.0. The van der Waals surface area contributed by atoms with Gasteiger partial charge in [-0.2, -0.15) is 0 Å². The summed E-state index contributed by atoms with van der Waals surface area (Å²) in [6.07, 6.45) is 0. The van der Waals surface area contributed by atoms with Gasteiger partial charge in [-0.05, 0) is 37.0 Å². The quantitative estimate of drug-likeness (QED) is 0.910. The fourth-order valence-corrected chi connectivity index (χ4v) is 4.20. The number of nitrogens with zero attached hydrogens (tertiary/aromatic N) is 2. The summed E-state index contributed by atoms with van der Waals surface area (Å²) >= 11 is 0. The van der Waals surface area contributed by atoms with Gasteiger partial charge < -0.3 is 5.32 Å². The molecular weight excluding hydrogens is 322 g/mol. The predicted octanol–water partition coefficient (Wildman–Crippen LogP) is 3.84. The topological polar surface area (TPSA) is 35.6 Å². The minimum atomic E-state index is 0.0235. The molecule has 4 rings (SSSR count). The Hall–Kier alpha value is -2.33. The van der Waals surface area contributed by atoms with Gasteiger partial charge >= 0.3 is 6.03 Å². The summed E-state index contributed by atoms with van der Waals surface area (Å²) in [6.45, 7) is 8.03. The molecule has 4 heteroatoms. The van der Waals surface area contributed by atoms with Crippen molar-refractivity contribution in [1.29, 1.82) is 0 Å². The molecule has 136 valence electrons. The number of likely N-dealkylation sites (tertiary alicyclic amines) is 1. The van der Waals surface area contributed by atoms with Crippen LogP contribution in [0.4, 0.5) is 10.5 Å². The molecule has 2 aromatic rings. The average Bonchev–Trinajstić information content (AvgIpc) is 2.97. The number of rotatable bonds is 4. The highest BCUT2D eigenvalue weighted by atomic mass is 16.2. The lowest BCUT2D eigenvalue weighted by atomic mass is 9.82. The highest BCUT2D eigenvalue weighted by molar-refractivity contribution is 5.94. The van der Waals surface area contributed by atoms with Crippen LogP contribution in [0.3, 0.4) is 0 Å². The van der Waals surface area contributed by atoms with Gasteiger partial charge in [0.15, 0.2) is 0 Å². The summed E-state index contributed by atoms with van der Waals surface area (Å²) in [5.74, 6) is 1.06. The second-order valence-electron chi connectivity index (χ2n) is 7.82. The number of urea groups is 1. The van der Waals surface area contributed by atoms with Crippen molar-refractivity contribution in [1.82, 2.24) is 10.2 Å². The molecule has 0 aliphatic carbocycles. The van der Waals surface area contributed by atoms with E-state index >= 15 is 0 Å². The number of fused-ring (bicyclic) bond motifs is 1. The van der Waals surface area contributed by atoms with Gasteiger partial charge in [-0.15, -0.1) is 0 Å². The van der Waals surface area contributed by atoms with Gasteiger partial charge in [-0.25, -0.2) is 4.79 Å². The zero-order valence-corrected chi connectivity index (χ0v) is 15.6. The maximum atomic E-state index is 12.6. The minimum Gasteiger partial charge on any atom is -0.336 e. The van der Waals surface area contributed by atoms with Crippen LogP contribution < -0.4 is 10.2 Å². The Morgan fingerprint density at radius 1 is 1.04 bits per heavy atom. The van der Waals surface area contributed by atoms with Crippen molar-refractivity contribution in [3.05, 3.63) is 65.7 Å². The van der Waals surface area contributed by atoms with Crippen LogP contribution in [0.1, 0.15) is 30.9 Å². The zero-order valence-electron chi connectivity index (χ0n) is 15.6. The minimum absolute atomic E-state index is 0.0235. The number of hydrogen-bond donors (Lipinski definition) is 1. The second kappa shape index (κ2) is 7.12. The fraction of sp³-hybridized carbons (Fsp3) is 0.409. The Balaban J connectivity index is 1.43. The van der Waals surface area contributed by atoms with Gasteiger partial charge in [0, 0.05) is 43.8 Å². The summed E-state index contributed by atoms with van der Waals surface area (Å²) in [6, 6.07) is 19.2. The Morgan fingerprint density at radius 2 is 1.73 bits per heavy atom. The Bertz CT molecular complexity index is 768. The second-order valence-corrected chi connectivity index (χ2v) is 7.82. The summed E-state index contributed by atoms with van der Waals surface area (Å²) in [5, 5.41) is 3.04. The molecule has 1 fully saturated rings. The maximum Gasteiger partial charge on any atom is 0.322 e. The van der Waals surface area contributed by atoms with Crippen LogP contribution in [0.5, 0.6) is 0 Å². The first-order chi connectivity index (χ1) is 12.6.